The summed E-state index contributed by atoms with van der Waals surface area (Å²) < 4.78 is 1.50. The summed E-state index contributed by atoms with van der Waals surface area (Å²) in [6, 6.07) is 0. The molecule has 76 valence electrons. The summed E-state index contributed by atoms with van der Waals surface area (Å²) in [5.74, 6) is -0.0741. The summed E-state index contributed by atoms with van der Waals surface area (Å²) in [6.07, 6.45) is 5.66. The van der Waals surface area contributed by atoms with Crippen LogP contribution in [-0.2, 0) is 11.3 Å². The zero-order valence-electron chi connectivity index (χ0n) is 7.94. The van der Waals surface area contributed by atoms with E-state index in [9.17, 15) is 4.79 Å². The molecule has 0 fully saturated rings. The van der Waals surface area contributed by atoms with Crippen LogP contribution in [0.15, 0.2) is 25.0 Å². The van der Waals surface area contributed by atoms with E-state index in [-0.39, 0.29) is 12.5 Å². The first-order valence-electron chi connectivity index (χ1n) is 4.38. The fourth-order valence-corrected chi connectivity index (χ4v) is 0.983. The molecular formula is C9H14N4O. The highest BCUT2D eigenvalue weighted by atomic mass is 16.2. The maximum Gasteiger partial charge on any atom is 0.241 e. The molecule has 0 atom stereocenters. The molecular weight excluding hydrogens is 180 g/mol. The Morgan fingerprint density at radius 2 is 2.57 bits per heavy atom. The molecule has 0 saturated heterocycles. The number of amides is 1. The molecule has 1 aromatic heterocycles. The summed E-state index contributed by atoms with van der Waals surface area (Å²) in [6.45, 7) is 4.37. The number of nitrogens with one attached hydrogen (secondary N) is 1. The van der Waals surface area contributed by atoms with E-state index in [4.69, 9.17) is 5.73 Å². The molecule has 0 aliphatic carbocycles. The van der Waals surface area contributed by atoms with Crippen LogP contribution in [0.4, 0.5) is 5.69 Å². The van der Waals surface area contributed by atoms with Crippen LogP contribution in [0.1, 0.15) is 6.42 Å². The van der Waals surface area contributed by atoms with Crippen LogP contribution in [0.2, 0.25) is 0 Å². The summed E-state index contributed by atoms with van der Waals surface area (Å²) in [5.41, 5.74) is 6.01. The predicted octanol–water partition coefficient (Wildman–Crippen LogP) is 0.158. The van der Waals surface area contributed by atoms with E-state index in [2.05, 4.69) is 17.0 Å². The van der Waals surface area contributed by atoms with Gasteiger partial charge in [-0.05, 0) is 6.42 Å². The average Bonchev–Trinajstić information content (AvgIpc) is 2.52. The molecule has 0 aliphatic rings. The van der Waals surface area contributed by atoms with Gasteiger partial charge in [-0.25, -0.2) is 0 Å². The fraction of sp³-hybridized carbons (Fsp3) is 0.333. The standard InChI is InChI=1S/C9H14N4O/c1-2-3-4-11-9(14)7-13-6-8(10)5-12-13/h2,5-6H,1,3-4,7,10H2,(H,11,14). The Kier molecular flexibility index (Phi) is 3.72. The van der Waals surface area contributed by atoms with Crippen LogP contribution < -0.4 is 11.1 Å². The maximum atomic E-state index is 11.2. The Balaban J connectivity index is 2.30. The van der Waals surface area contributed by atoms with E-state index in [0.717, 1.165) is 6.42 Å². The highest BCUT2D eigenvalue weighted by Crippen LogP contribution is 1.96. The number of nitrogen functional groups attached to an aromatic ring is 1. The van der Waals surface area contributed by atoms with Gasteiger partial charge in [-0.3, -0.25) is 9.48 Å². The number of nitrogens with two attached hydrogens (primary N) is 1. The SMILES string of the molecule is C=CCCNC(=O)Cn1cc(N)cn1. The van der Waals surface area contributed by atoms with Gasteiger partial charge in [0.05, 0.1) is 11.9 Å². The molecule has 0 unspecified atom stereocenters. The van der Waals surface area contributed by atoms with Crippen molar-refractivity contribution in [2.45, 2.75) is 13.0 Å². The number of anilines is 1. The number of rotatable bonds is 5. The molecule has 0 saturated carbocycles. The predicted molar refractivity (Wildman–Crippen MR) is 54.5 cm³/mol. The quantitative estimate of drug-likeness (QED) is 0.518. The zero-order chi connectivity index (χ0) is 10.4. The molecule has 5 nitrogen and oxygen atoms in total. The average molecular weight is 194 g/mol. The van der Waals surface area contributed by atoms with E-state index in [1.54, 1.807) is 12.3 Å². The van der Waals surface area contributed by atoms with Crippen molar-refractivity contribution < 1.29 is 4.79 Å². The van der Waals surface area contributed by atoms with Crippen molar-refractivity contribution in [1.82, 2.24) is 15.1 Å². The van der Waals surface area contributed by atoms with Crippen molar-refractivity contribution in [3.8, 4) is 0 Å². The molecule has 0 spiro atoms. The van der Waals surface area contributed by atoms with Crippen LogP contribution in [-0.4, -0.2) is 22.2 Å². The van der Waals surface area contributed by atoms with Gasteiger partial charge in [0, 0.05) is 12.7 Å². The number of nitrogens with zero attached hydrogens (tertiary/aromatic N) is 2. The molecule has 0 aromatic carbocycles. The van der Waals surface area contributed by atoms with E-state index in [1.165, 1.54) is 10.9 Å². The molecule has 3 N–H and O–H groups in total. The number of aromatic nitrogens is 2. The minimum Gasteiger partial charge on any atom is -0.396 e. The van der Waals surface area contributed by atoms with Crippen molar-refractivity contribution in [3.63, 3.8) is 0 Å². The van der Waals surface area contributed by atoms with Gasteiger partial charge in [0.1, 0.15) is 6.54 Å². The van der Waals surface area contributed by atoms with Gasteiger partial charge in [-0.15, -0.1) is 6.58 Å². The molecule has 14 heavy (non-hydrogen) atoms. The summed E-state index contributed by atoms with van der Waals surface area (Å²) >= 11 is 0. The summed E-state index contributed by atoms with van der Waals surface area (Å²) in [7, 11) is 0. The van der Waals surface area contributed by atoms with E-state index >= 15 is 0 Å². The molecule has 0 aliphatic heterocycles. The van der Waals surface area contributed by atoms with Gasteiger partial charge >= 0.3 is 0 Å². The Hall–Kier alpha value is -1.78. The fourth-order valence-electron chi connectivity index (χ4n) is 0.983. The van der Waals surface area contributed by atoms with Crippen molar-refractivity contribution >= 4 is 11.6 Å². The highest BCUT2D eigenvalue weighted by Gasteiger charge is 2.01. The van der Waals surface area contributed by atoms with Gasteiger partial charge in [-0.1, -0.05) is 6.08 Å². The van der Waals surface area contributed by atoms with E-state index in [0.29, 0.717) is 12.2 Å². The van der Waals surface area contributed by atoms with Crippen LogP contribution in [0, 0.1) is 0 Å². The number of carbonyl (C=O) groups excluding carboxylic acids is 1. The van der Waals surface area contributed by atoms with Crippen LogP contribution in [0.25, 0.3) is 0 Å². The van der Waals surface area contributed by atoms with Gasteiger partial charge in [-0.2, -0.15) is 5.10 Å². The second-order valence-corrected chi connectivity index (χ2v) is 2.90. The zero-order valence-corrected chi connectivity index (χ0v) is 7.94. The molecule has 5 heteroatoms. The summed E-state index contributed by atoms with van der Waals surface area (Å²) in [5, 5.41) is 6.62. The van der Waals surface area contributed by atoms with Crippen molar-refractivity contribution in [1.29, 1.82) is 0 Å². The second-order valence-electron chi connectivity index (χ2n) is 2.90. The minimum absolute atomic E-state index is 0.0741. The highest BCUT2D eigenvalue weighted by molar-refractivity contribution is 5.75. The molecule has 0 radical (unpaired) electrons. The lowest BCUT2D eigenvalue weighted by Crippen LogP contribution is -2.28. The Morgan fingerprint density at radius 3 is 3.14 bits per heavy atom. The largest absolute Gasteiger partial charge is 0.396 e. The van der Waals surface area contributed by atoms with Gasteiger partial charge in [0.25, 0.3) is 0 Å². The van der Waals surface area contributed by atoms with Crippen molar-refractivity contribution in [2.24, 2.45) is 0 Å². The Labute approximate surface area is 82.6 Å². The van der Waals surface area contributed by atoms with Crippen molar-refractivity contribution in [2.75, 3.05) is 12.3 Å². The Morgan fingerprint density at radius 1 is 1.79 bits per heavy atom. The topological polar surface area (TPSA) is 72.9 Å². The molecule has 1 rings (SSSR count). The van der Waals surface area contributed by atoms with E-state index in [1.807, 2.05) is 0 Å². The summed E-state index contributed by atoms with van der Waals surface area (Å²) in [4.78, 5) is 11.2. The lowest BCUT2D eigenvalue weighted by Gasteiger charge is -2.02. The first-order valence-corrected chi connectivity index (χ1v) is 4.38. The molecule has 1 amide bonds. The van der Waals surface area contributed by atoms with Crippen LogP contribution >= 0.6 is 0 Å². The maximum absolute atomic E-state index is 11.2. The number of hydrogen-bond donors (Lipinski definition) is 2. The van der Waals surface area contributed by atoms with Gasteiger partial charge < -0.3 is 11.1 Å². The van der Waals surface area contributed by atoms with E-state index < -0.39 is 0 Å². The third-order valence-corrected chi connectivity index (χ3v) is 1.63. The number of carbonyl (C=O) groups is 1. The monoisotopic (exact) mass is 194 g/mol. The van der Waals surface area contributed by atoms with Crippen LogP contribution in [0.3, 0.4) is 0 Å². The Bertz CT molecular complexity index is 318. The van der Waals surface area contributed by atoms with Crippen LogP contribution in [0.5, 0.6) is 0 Å². The minimum atomic E-state index is -0.0741. The number of hydrogen-bond acceptors (Lipinski definition) is 3. The lowest BCUT2D eigenvalue weighted by atomic mass is 10.4. The van der Waals surface area contributed by atoms with Gasteiger partial charge in [0.15, 0.2) is 0 Å². The smallest absolute Gasteiger partial charge is 0.241 e. The normalized spacial score (nSPS) is 9.71. The first-order chi connectivity index (χ1) is 6.72. The third kappa shape index (κ3) is 3.30. The molecule has 0 bridgehead atoms. The second kappa shape index (κ2) is 5.06. The van der Waals surface area contributed by atoms with Gasteiger partial charge in [0.2, 0.25) is 5.91 Å². The third-order valence-electron chi connectivity index (χ3n) is 1.63. The molecule has 1 aromatic rings. The van der Waals surface area contributed by atoms with Crippen molar-refractivity contribution in [3.05, 3.63) is 25.0 Å². The first kappa shape index (κ1) is 10.3. The lowest BCUT2D eigenvalue weighted by molar-refractivity contribution is -0.121. The molecule has 1 heterocycles.